The number of pyridine rings is 1. The normalized spacial score (nSPS) is 18.9. The summed E-state index contributed by atoms with van der Waals surface area (Å²) < 4.78 is 101. The summed E-state index contributed by atoms with van der Waals surface area (Å²) >= 11 is 5.46. The van der Waals surface area contributed by atoms with Crippen molar-refractivity contribution in [2.45, 2.75) is 31.3 Å². The molecule has 0 amide bonds. The van der Waals surface area contributed by atoms with Crippen LogP contribution in [0.4, 0.5) is 30.7 Å². The molecule has 13 heteroatoms. The second-order valence-electron chi connectivity index (χ2n) is 6.82. The van der Waals surface area contributed by atoms with Gasteiger partial charge in [0, 0.05) is 11.8 Å². The maximum Gasteiger partial charge on any atom is 0.435 e. The van der Waals surface area contributed by atoms with Crippen LogP contribution in [0.3, 0.4) is 0 Å². The fourth-order valence-electron chi connectivity index (χ4n) is 3.10. The summed E-state index contributed by atoms with van der Waals surface area (Å²) in [7, 11) is 1.12. The largest absolute Gasteiger partial charge is 0.465 e. The molecule has 1 aromatic carbocycles. The Hall–Kier alpha value is -2.89. The number of alkyl halides is 6. The van der Waals surface area contributed by atoms with E-state index in [2.05, 4.69) is 19.7 Å². The predicted octanol–water partition coefficient (Wildman–Crippen LogP) is 5.57. The average Bonchev–Trinajstić information content (AvgIpc) is 3.15. The Morgan fingerprint density at radius 3 is 2.38 bits per heavy atom. The first kappa shape index (κ1) is 23.8. The SMILES string of the molecule is COC(=O)c1cnc(C2=NOC(c3cc(C(F)(F)F)cc(Cl)c3F)(C(F)(F)F)C2)cc1C. The van der Waals surface area contributed by atoms with Crippen molar-refractivity contribution in [1.82, 2.24) is 4.98 Å². The van der Waals surface area contributed by atoms with Crippen molar-refractivity contribution < 1.29 is 45.1 Å². The number of oxime groups is 1. The summed E-state index contributed by atoms with van der Waals surface area (Å²) in [6.07, 6.45) is -10.6. The minimum atomic E-state index is -5.38. The van der Waals surface area contributed by atoms with Crippen molar-refractivity contribution >= 4 is 23.3 Å². The molecule has 172 valence electrons. The Bertz CT molecular complexity index is 1120. The van der Waals surface area contributed by atoms with Crippen LogP contribution >= 0.6 is 11.6 Å². The first-order valence-corrected chi connectivity index (χ1v) is 9.03. The van der Waals surface area contributed by atoms with Crippen molar-refractivity contribution in [3.05, 3.63) is 63.2 Å². The van der Waals surface area contributed by atoms with Gasteiger partial charge in [-0.25, -0.2) is 9.18 Å². The first-order chi connectivity index (χ1) is 14.7. The van der Waals surface area contributed by atoms with E-state index in [9.17, 15) is 35.5 Å². The van der Waals surface area contributed by atoms with Gasteiger partial charge in [-0.15, -0.1) is 0 Å². The lowest BCUT2D eigenvalue weighted by Crippen LogP contribution is -2.43. The summed E-state index contributed by atoms with van der Waals surface area (Å²) in [6.45, 7) is 1.46. The quantitative estimate of drug-likeness (QED) is 0.422. The van der Waals surface area contributed by atoms with Crippen LogP contribution in [0.2, 0.25) is 5.02 Å². The molecule has 0 N–H and O–H groups in total. The van der Waals surface area contributed by atoms with E-state index in [1.54, 1.807) is 0 Å². The number of halogens is 8. The van der Waals surface area contributed by atoms with E-state index in [0.29, 0.717) is 0 Å². The Morgan fingerprint density at radius 1 is 1.19 bits per heavy atom. The van der Waals surface area contributed by atoms with Gasteiger partial charge in [0.1, 0.15) is 11.5 Å². The zero-order valence-corrected chi connectivity index (χ0v) is 16.9. The number of carbonyl (C=O) groups is 1. The number of esters is 1. The number of benzene rings is 1. The highest BCUT2D eigenvalue weighted by atomic mass is 35.5. The molecule has 3 rings (SSSR count). The van der Waals surface area contributed by atoms with Crippen LogP contribution in [0.5, 0.6) is 0 Å². The standard InChI is InChI=1S/C19H12ClF7N2O3/c1-8-3-13(28-7-10(8)16(30)31-2)14-6-17(32-29-14,19(25,26)27)11-4-9(18(22,23)24)5-12(20)15(11)21/h3-5,7H,6H2,1-2H3. The molecule has 1 aliphatic rings. The summed E-state index contributed by atoms with van der Waals surface area (Å²) in [4.78, 5) is 20.1. The molecule has 2 aromatic rings. The third kappa shape index (κ3) is 3.98. The average molecular weight is 485 g/mol. The summed E-state index contributed by atoms with van der Waals surface area (Å²) in [5, 5.41) is 2.17. The number of ether oxygens (including phenoxy) is 1. The third-order valence-corrected chi connectivity index (χ3v) is 5.06. The Morgan fingerprint density at radius 2 is 1.84 bits per heavy atom. The van der Waals surface area contributed by atoms with Gasteiger partial charge in [0.15, 0.2) is 0 Å². The van der Waals surface area contributed by atoms with Crippen LogP contribution in [-0.2, 0) is 21.4 Å². The second-order valence-corrected chi connectivity index (χ2v) is 7.23. The number of aryl methyl sites for hydroxylation is 1. The lowest BCUT2D eigenvalue weighted by molar-refractivity contribution is -0.276. The van der Waals surface area contributed by atoms with E-state index < -0.39 is 58.0 Å². The van der Waals surface area contributed by atoms with Gasteiger partial charge < -0.3 is 9.57 Å². The number of aromatic nitrogens is 1. The monoisotopic (exact) mass is 484 g/mol. The van der Waals surface area contributed by atoms with Crippen molar-refractivity contribution in [3.8, 4) is 0 Å². The number of methoxy groups -OCH3 is 1. The van der Waals surface area contributed by atoms with Gasteiger partial charge in [0.2, 0.25) is 0 Å². The van der Waals surface area contributed by atoms with Crippen LogP contribution in [0.15, 0.2) is 29.6 Å². The molecular formula is C19H12ClF7N2O3. The van der Waals surface area contributed by atoms with Gasteiger partial charge in [-0.05, 0) is 30.7 Å². The van der Waals surface area contributed by atoms with E-state index in [-0.39, 0.29) is 29.0 Å². The predicted molar refractivity (Wildman–Crippen MR) is 96.7 cm³/mol. The molecule has 0 saturated heterocycles. The topological polar surface area (TPSA) is 60.8 Å². The molecule has 0 bridgehead atoms. The number of nitrogens with zero attached hydrogens (tertiary/aromatic N) is 2. The van der Waals surface area contributed by atoms with Gasteiger partial charge in [0.05, 0.1) is 35.4 Å². The molecule has 32 heavy (non-hydrogen) atoms. The number of hydrogen-bond donors (Lipinski definition) is 0. The van der Waals surface area contributed by atoms with Crippen LogP contribution in [0.1, 0.15) is 39.2 Å². The lowest BCUT2D eigenvalue weighted by atomic mass is 9.86. The van der Waals surface area contributed by atoms with Gasteiger partial charge >= 0.3 is 18.3 Å². The molecule has 5 nitrogen and oxygen atoms in total. The minimum absolute atomic E-state index is 0.00774. The molecular weight excluding hydrogens is 473 g/mol. The van der Waals surface area contributed by atoms with E-state index in [4.69, 9.17) is 11.6 Å². The Kier molecular flexibility index (Phi) is 5.87. The highest BCUT2D eigenvalue weighted by Gasteiger charge is 2.64. The van der Waals surface area contributed by atoms with Crippen LogP contribution in [0, 0.1) is 12.7 Å². The Balaban J connectivity index is 2.10. The highest BCUT2D eigenvalue weighted by molar-refractivity contribution is 6.30. The molecule has 1 atom stereocenters. The fraction of sp³-hybridized carbons (Fsp3) is 0.316. The van der Waals surface area contributed by atoms with Crippen molar-refractivity contribution in [1.29, 1.82) is 0 Å². The highest BCUT2D eigenvalue weighted by Crippen LogP contribution is 2.51. The zero-order valence-electron chi connectivity index (χ0n) is 16.2. The third-order valence-electron chi connectivity index (χ3n) is 4.79. The van der Waals surface area contributed by atoms with Gasteiger partial charge in [-0.3, -0.25) is 4.98 Å². The van der Waals surface area contributed by atoms with Crippen molar-refractivity contribution in [2.75, 3.05) is 7.11 Å². The van der Waals surface area contributed by atoms with E-state index >= 15 is 0 Å². The van der Waals surface area contributed by atoms with Crippen LogP contribution in [-0.4, -0.2) is 30.0 Å². The molecule has 0 aliphatic carbocycles. The molecule has 0 radical (unpaired) electrons. The number of hydrogen-bond acceptors (Lipinski definition) is 5. The molecule has 1 unspecified atom stereocenters. The van der Waals surface area contributed by atoms with Crippen molar-refractivity contribution in [2.24, 2.45) is 5.16 Å². The van der Waals surface area contributed by atoms with Crippen LogP contribution < -0.4 is 0 Å². The molecule has 1 aliphatic heterocycles. The molecule has 0 fully saturated rings. The minimum Gasteiger partial charge on any atom is -0.465 e. The summed E-state index contributed by atoms with van der Waals surface area (Å²) in [6, 6.07) is 1.39. The van der Waals surface area contributed by atoms with Gasteiger partial charge in [-0.2, -0.15) is 26.3 Å². The molecule has 2 heterocycles. The molecule has 0 saturated carbocycles. The number of rotatable bonds is 3. The second kappa shape index (κ2) is 7.91. The maximum absolute atomic E-state index is 14.6. The summed E-state index contributed by atoms with van der Waals surface area (Å²) in [5.41, 5.74) is -6.89. The molecule has 0 spiro atoms. The number of carbonyl (C=O) groups excluding carboxylic acids is 1. The summed E-state index contributed by atoms with van der Waals surface area (Å²) in [5.74, 6) is -2.46. The van der Waals surface area contributed by atoms with E-state index in [1.807, 2.05) is 0 Å². The maximum atomic E-state index is 14.6. The van der Waals surface area contributed by atoms with E-state index in [1.165, 1.54) is 13.0 Å². The lowest BCUT2D eigenvalue weighted by Gasteiger charge is -2.30. The van der Waals surface area contributed by atoms with Crippen LogP contribution in [0.25, 0.3) is 0 Å². The van der Waals surface area contributed by atoms with E-state index in [0.717, 1.165) is 13.3 Å². The molecule has 1 aromatic heterocycles. The fourth-order valence-corrected chi connectivity index (χ4v) is 3.32. The first-order valence-electron chi connectivity index (χ1n) is 8.65. The zero-order chi connectivity index (χ0) is 24.1. The smallest absolute Gasteiger partial charge is 0.435 e. The van der Waals surface area contributed by atoms with Gasteiger partial charge in [-0.1, -0.05) is 16.8 Å². The van der Waals surface area contributed by atoms with Gasteiger partial charge in [0.25, 0.3) is 5.60 Å². The Labute approximate surface area is 180 Å². The van der Waals surface area contributed by atoms with Crippen molar-refractivity contribution in [3.63, 3.8) is 0 Å².